The van der Waals surface area contributed by atoms with E-state index in [4.69, 9.17) is 4.74 Å². The van der Waals surface area contributed by atoms with Crippen molar-refractivity contribution in [3.05, 3.63) is 80.9 Å². The van der Waals surface area contributed by atoms with Crippen molar-refractivity contribution < 1.29 is 9.53 Å². The van der Waals surface area contributed by atoms with Gasteiger partial charge in [0.2, 0.25) is 4.80 Å². The third kappa shape index (κ3) is 5.05. The zero-order valence-electron chi connectivity index (χ0n) is 16.3. The number of hydrogen-bond donors (Lipinski definition) is 1. The predicted molar refractivity (Wildman–Crippen MR) is 121 cm³/mol. The van der Waals surface area contributed by atoms with Crippen molar-refractivity contribution in [3.8, 4) is 17.0 Å². The van der Waals surface area contributed by atoms with Gasteiger partial charge in [-0.15, -0.1) is 11.7 Å². The third-order valence-electron chi connectivity index (χ3n) is 4.19. The Hall–Kier alpha value is -2.64. The summed E-state index contributed by atoms with van der Waals surface area (Å²) in [6.07, 6.45) is 1.82. The predicted octanol–water partition coefficient (Wildman–Crippen LogP) is 5.12. The molecule has 5 nitrogen and oxygen atoms in total. The van der Waals surface area contributed by atoms with Crippen molar-refractivity contribution in [3.63, 3.8) is 0 Å². The van der Waals surface area contributed by atoms with Crippen molar-refractivity contribution >= 4 is 33.2 Å². The van der Waals surface area contributed by atoms with Gasteiger partial charge in [-0.3, -0.25) is 4.79 Å². The van der Waals surface area contributed by atoms with Gasteiger partial charge in [-0.1, -0.05) is 33.3 Å². The molecule has 3 rings (SSSR count). The molecule has 7 heteroatoms. The van der Waals surface area contributed by atoms with Gasteiger partial charge in [-0.2, -0.15) is 0 Å². The number of aromatic nitrogens is 1. The Morgan fingerprint density at radius 3 is 2.55 bits per heavy atom. The number of nitrogens with zero attached hydrogens (tertiary/aromatic N) is 2. The Balaban J connectivity index is 1.94. The molecular formula is C22H22BrN3O2S. The quantitative estimate of drug-likeness (QED) is 0.384. The number of amides is 1. The molecule has 0 fully saturated rings. The zero-order valence-corrected chi connectivity index (χ0v) is 18.7. The molecule has 0 unspecified atom stereocenters. The fraction of sp³-hybridized carbons (Fsp3) is 0.182. The van der Waals surface area contributed by atoms with E-state index in [0.717, 1.165) is 26.4 Å². The molecule has 0 spiro atoms. The summed E-state index contributed by atoms with van der Waals surface area (Å²) in [5.41, 5.74) is 5.32. The van der Waals surface area contributed by atoms with E-state index in [1.165, 1.54) is 11.3 Å². The molecular weight excluding hydrogens is 450 g/mol. The minimum atomic E-state index is -0.253. The molecule has 0 bridgehead atoms. The second-order valence-corrected chi connectivity index (χ2v) is 8.30. The summed E-state index contributed by atoms with van der Waals surface area (Å²) < 4.78 is 8.50. The molecule has 0 radical (unpaired) electrons. The van der Waals surface area contributed by atoms with Gasteiger partial charge in [-0.05, 0) is 67.9 Å². The van der Waals surface area contributed by atoms with Crippen LogP contribution in [0.2, 0.25) is 0 Å². The lowest BCUT2D eigenvalue weighted by atomic mass is 10.1. The summed E-state index contributed by atoms with van der Waals surface area (Å²) >= 11 is 4.89. The van der Waals surface area contributed by atoms with E-state index in [1.54, 1.807) is 12.1 Å². The number of halogens is 1. The van der Waals surface area contributed by atoms with Crippen LogP contribution in [0.4, 0.5) is 0 Å². The van der Waals surface area contributed by atoms with E-state index in [-0.39, 0.29) is 5.91 Å². The molecule has 0 saturated heterocycles. The standard InChI is InChI=1S/C22H22BrN3O2S/c1-4-14-26-20(16-8-12-19(13-9-16)28-5-2)15(3)29-22(26)25-24-21(27)17-6-10-18(23)11-7-17/h4,6-13H,1,5,14H2,2-3H3,(H,24,27). The number of carbonyl (C=O) groups excluding carboxylic acids is 1. The van der Waals surface area contributed by atoms with Crippen molar-refractivity contribution in [1.82, 2.24) is 9.99 Å². The van der Waals surface area contributed by atoms with Crippen LogP contribution in [0.1, 0.15) is 22.2 Å². The van der Waals surface area contributed by atoms with Crippen molar-refractivity contribution in [2.45, 2.75) is 20.4 Å². The molecule has 1 heterocycles. The zero-order chi connectivity index (χ0) is 20.8. The number of hydrogen-bond acceptors (Lipinski definition) is 4. The summed E-state index contributed by atoms with van der Waals surface area (Å²) in [6.45, 7) is 9.09. The van der Waals surface area contributed by atoms with Gasteiger partial charge in [0.05, 0.1) is 12.3 Å². The summed E-state index contributed by atoms with van der Waals surface area (Å²) in [4.78, 5) is 14.2. The van der Waals surface area contributed by atoms with Gasteiger partial charge in [0, 0.05) is 21.5 Å². The lowest BCUT2D eigenvalue weighted by Crippen LogP contribution is -2.24. The van der Waals surface area contributed by atoms with Gasteiger partial charge in [0.1, 0.15) is 5.75 Å². The fourth-order valence-corrected chi connectivity index (χ4v) is 4.14. The minimum Gasteiger partial charge on any atom is -0.494 e. The number of nitrogens with one attached hydrogen (secondary N) is 1. The van der Waals surface area contributed by atoms with Crippen LogP contribution in [0.15, 0.2) is 70.8 Å². The average molecular weight is 472 g/mol. The average Bonchev–Trinajstić information content (AvgIpc) is 3.03. The second-order valence-electron chi connectivity index (χ2n) is 6.21. The Morgan fingerprint density at radius 2 is 1.93 bits per heavy atom. The number of thiazole rings is 1. The summed E-state index contributed by atoms with van der Waals surface area (Å²) in [7, 11) is 0. The molecule has 0 aliphatic heterocycles. The smallest absolute Gasteiger partial charge is 0.271 e. The SMILES string of the molecule is C=CCn1c(-c2ccc(OCC)cc2)c(C)sc1=NNC(=O)c1ccc(Br)cc1. The lowest BCUT2D eigenvalue weighted by Gasteiger charge is -2.09. The maximum atomic E-state index is 12.4. The fourth-order valence-electron chi connectivity index (χ4n) is 2.91. The Morgan fingerprint density at radius 1 is 1.24 bits per heavy atom. The molecule has 1 aromatic heterocycles. The molecule has 150 valence electrons. The van der Waals surface area contributed by atoms with E-state index in [1.807, 2.05) is 60.9 Å². The molecule has 0 saturated carbocycles. The van der Waals surface area contributed by atoms with E-state index in [9.17, 15) is 4.79 Å². The van der Waals surface area contributed by atoms with Crippen LogP contribution in [0.5, 0.6) is 5.75 Å². The number of rotatable bonds is 7. The summed E-state index contributed by atoms with van der Waals surface area (Å²) in [5.74, 6) is 0.586. The Kier molecular flexibility index (Phi) is 7.06. The van der Waals surface area contributed by atoms with Gasteiger partial charge in [0.25, 0.3) is 5.91 Å². The van der Waals surface area contributed by atoms with E-state index in [0.29, 0.717) is 23.5 Å². The third-order valence-corrected chi connectivity index (χ3v) is 5.71. The molecule has 0 aliphatic rings. The monoisotopic (exact) mass is 471 g/mol. The van der Waals surface area contributed by atoms with Crippen molar-refractivity contribution in [2.24, 2.45) is 5.10 Å². The Bertz CT molecular complexity index is 1070. The van der Waals surface area contributed by atoms with Crippen LogP contribution in [0.3, 0.4) is 0 Å². The number of allylic oxidation sites excluding steroid dienone is 1. The van der Waals surface area contributed by atoms with Crippen LogP contribution < -0.4 is 15.0 Å². The summed E-state index contributed by atoms with van der Waals surface area (Å²) in [5, 5.41) is 4.38. The van der Waals surface area contributed by atoms with E-state index >= 15 is 0 Å². The van der Waals surface area contributed by atoms with E-state index in [2.05, 4.69) is 33.0 Å². The number of ether oxygens (including phenoxy) is 1. The van der Waals surface area contributed by atoms with Crippen molar-refractivity contribution in [1.29, 1.82) is 0 Å². The molecule has 1 amide bonds. The lowest BCUT2D eigenvalue weighted by molar-refractivity contribution is 0.0953. The molecule has 0 aliphatic carbocycles. The first-order chi connectivity index (χ1) is 14.0. The number of benzene rings is 2. The van der Waals surface area contributed by atoms with E-state index < -0.39 is 0 Å². The molecule has 1 N–H and O–H groups in total. The van der Waals surface area contributed by atoms with Crippen molar-refractivity contribution in [2.75, 3.05) is 6.61 Å². The van der Waals surface area contributed by atoms with Crippen LogP contribution in [0.25, 0.3) is 11.3 Å². The van der Waals surface area contributed by atoms with Crippen LogP contribution >= 0.6 is 27.3 Å². The van der Waals surface area contributed by atoms with Gasteiger partial charge in [-0.25, -0.2) is 5.43 Å². The molecule has 29 heavy (non-hydrogen) atoms. The van der Waals surface area contributed by atoms with Gasteiger partial charge >= 0.3 is 0 Å². The van der Waals surface area contributed by atoms with Crippen LogP contribution in [-0.2, 0) is 6.54 Å². The number of aryl methyl sites for hydroxylation is 1. The first-order valence-electron chi connectivity index (χ1n) is 9.17. The topological polar surface area (TPSA) is 55.6 Å². The highest BCUT2D eigenvalue weighted by Gasteiger charge is 2.13. The Labute approximate surface area is 182 Å². The maximum absolute atomic E-state index is 12.4. The first kappa shape index (κ1) is 21.1. The summed E-state index contributed by atoms with van der Waals surface area (Å²) in [6, 6.07) is 15.1. The first-order valence-corrected chi connectivity index (χ1v) is 10.8. The van der Waals surface area contributed by atoms with Gasteiger partial charge in [0.15, 0.2) is 0 Å². The molecule has 0 atom stereocenters. The highest BCUT2D eigenvalue weighted by atomic mass is 79.9. The largest absolute Gasteiger partial charge is 0.494 e. The second kappa shape index (κ2) is 9.71. The maximum Gasteiger partial charge on any atom is 0.271 e. The molecule has 3 aromatic rings. The molecule has 2 aromatic carbocycles. The van der Waals surface area contributed by atoms with Crippen LogP contribution in [0, 0.1) is 6.92 Å². The van der Waals surface area contributed by atoms with Gasteiger partial charge < -0.3 is 9.30 Å². The minimum absolute atomic E-state index is 0.253. The highest BCUT2D eigenvalue weighted by Crippen LogP contribution is 2.27. The normalized spacial score (nSPS) is 11.3. The number of carbonyl (C=O) groups is 1. The highest BCUT2D eigenvalue weighted by molar-refractivity contribution is 9.10. The van der Waals surface area contributed by atoms with Crippen LogP contribution in [-0.4, -0.2) is 17.1 Å².